The summed E-state index contributed by atoms with van der Waals surface area (Å²) in [6, 6.07) is 20.3. The van der Waals surface area contributed by atoms with Crippen molar-refractivity contribution in [1.29, 1.82) is 0 Å². The number of H-pyrrole nitrogens is 2. The van der Waals surface area contributed by atoms with E-state index in [0.29, 0.717) is 0 Å². The van der Waals surface area contributed by atoms with E-state index in [9.17, 15) is 0 Å². The predicted octanol–water partition coefficient (Wildman–Crippen LogP) is 3.90. The third-order valence-corrected chi connectivity index (χ3v) is 6.58. The average molecular weight is 469 g/mol. The second kappa shape index (κ2) is 9.05. The highest BCUT2D eigenvalue weighted by Gasteiger charge is 2.16. The molecule has 0 atom stereocenters. The van der Waals surface area contributed by atoms with E-state index in [2.05, 4.69) is 57.1 Å². The van der Waals surface area contributed by atoms with Gasteiger partial charge in [-0.05, 0) is 67.7 Å². The molecule has 8 nitrogen and oxygen atoms in total. The van der Waals surface area contributed by atoms with Crippen molar-refractivity contribution < 1.29 is 9.84 Å². The number of likely N-dealkylation sites (N-methyl/N-ethyl adjacent to an activating group) is 1. The highest BCUT2D eigenvalue weighted by molar-refractivity contribution is 5.87. The van der Waals surface area contributed by atoms with Crippen LogP contribution in [-0.2, 0) is 0 Å². The SMILES string of the molecule is CN1CCN(c2ccc3[nH]c(-c4ccc5[nH]c(-c6ccc(OCCO)cc6)nc5c4)nc3c2)CC1. The minimum atomic E-state index is -0.00366. The van der Waals surface area contributed by atoms with Gasteiger partial charge in [-0.25, -0.2) is 9.97 Å². The summed E-state index contributed by atoms with van der Waals surface area (Å²) >= 11 is 0. The Bertz CT molecular complexity index is 1460. The number of aliphatic hydroxyl groups excluding tert-OH is 1. The highest BCUT2D eigenvalue weighted by atomic mass is 16.5. The van der Waals surface area contributed by atoms with Gasteiger partial charge in [-0.2, -0.15) is 0 Å². The maximum absolute atomic E-state index is 8.91. The minimum absolute atomic E-state index is 0.00366. The number of aromatic nitrogens is 4. The quantitative estimate of drug-likeness (QED) is 0.350. The van der Waals surface area contributed by atoms with Crippen LogP contribution in [0.15, 0.2) is 60.7 Å². The number of anilines is 1. The number of ether oxygens (including phenoxy) is 1. The number of imidazole rings is 2. The predicted molar refractivity (Wildman–Crippen MR) is 139 cm³/mol. The second-order valence-corrected chi connectivity index (χ2v) is 8.99. The summed E-state index contributed by atoms with van der Waals surface area (Å²) in [6.07, 6.45) is 0. The average Bonchev–Trinajstić information content (AvgIpc) is 3.51. The fraction of sp³-hybridized carbons (Fsp3) is 0.259. The molecule has 3 aromatic carbocycles. The van der Waals surface area contributed by atoms with Crippen LogP contribution < -0.4 is 9.64 Å². The number of rotatable bonds is 6. The van der Waals surface area contributed by atoms with Crippen LogP contribution in [0.3, 0.4) is 0 Å². The zero-order valence-electron chi connectivity index (χ0n) is 19.7. The Kier molecular flexibility index (Phi) is 5.60. The first-order chi connectivity index (χ1) is 17.2. The molecule has 178 valence electrons. The Morgan fingerprint density at radius 1 is 0.800 bits per heavy atom. The van der Waals surface area contributed by atoms with Crippen molar-refractivity contribution >= 4 is 27.8 Å². The van der Waals surface area contributed by atoms with Crippen molar-refractivity contribution in [3.05, 3.63) is 60.7 Å². The molecule has 2 aromatic heterocycles. The van der Waals surface area contributed by atoms with Gasteiger partial charge in [0.2, 0.25) is 0 Å². The van der Waals surface area contributed by atoms with E-state index in [0.717, 1.165) is 76.8 Å². The molecular weight excluding hydrogens is 440 g/mol. The van der Waals surface area contributed by atoms with Crippen molar-refractivity contribution in [3.63, 3.8) is 0 Å². The van der Waals surface area contributed by atoms with Crippen LogP contribution in [0.2, 0.25) is 0 Å². The molecule has 0 unspecified atom stereocenters. The molecule has 1 aliphatic heterocycles. The summed E-state index contributed by atoms with van der Waals surface area (Å²) in [5.74, 6) is 2.36. The molecule has 5 aromatic rings. The molecule has 0 saturated carbocycles. The largest absolute Gasteiger partial charge is 0.491 e. The van der Waals surface area contributed by atoms with Gasteiger partial charge in [0.25, 0.3) is 0 Å². The van der Waals surface area contributed by atoms with E-state index in [1.165, 1.54) is 5.69 Å². The summed E-state index contributed by atoms with van der Waals surface area (Å²) in [4.78, 5) is 21.4. The first-order valence-electron chi connectivity index (χ1n) is 11.9. The van der Waals surface area contributed by atoms with Gasteiger partial charge in [-0.15, -0.1) is 0 Å². The zero-order valence-corrected chi connectivity index (χ0v) is 19.7. The first-order valence-corrected chi connectivity index (χ1v) is 11.9. The molecule has 0 aliphatic carbocycles. The van der Waals surface area contributed by atoms with E-state index >= 15 is 0 Å². The number of nitrogens with one attached hydrogen (secondary N) is 2. The molecule has 35 heavy (non-hydrogen) atoms. The van der Waals surface area contributed by atoms with Crippen LogP contribution >= 0.6 is 0 Å². The van der Waals surface area contributed by atoms with Gasteiger partial charge < -0.3 is 29.6 Å². The number of benzene rings is 3. The Morgan fingerprint density at radius 2 is 1.43 bits per heavy atom. The van der Waals surface area contributed by atoms with Crippen molar-refractivity contribution in [2.45, 2.75) is 0 Å². The summed E-state index contributed by atoms with van der Waals surface area (Å²) in [5, 5.41) is 8.91. The fourth-order valence-corrected chi connectivity index (χ4v) is 4.55. The number of aromatic amines is 2. The van der Waals surface area contributed by atoms with Crippen LogP contribution in [0.1, 0.15) is 0 Å². The molecule has 3 heterocycles. The van der Waals surface area contributed by atoms with Crippen LogP contribution in [-0.4, -0.2) is 76.4 Å². The lowest BCUT2D eigenvalue weighted by Gasteiger charge is -2.34. The number of hydrogen-bond acceptors (Lipinski definition) is 6. The Morgan fingerprint density at radius 3 is 2.14 bits per heavy atom. The van der Waals surface area contributed by atoms with Crippen molar-refractivity contribution in [2.24, 2.45) is 0 Å². The summed E-state index contributed by atoms with van der Waals surface area (Å²) < 4.78 is 5.45. The van der Waals surface area contributed by atoms with Gasteiger partial charge in [0.1, 0.15) is 24.0 Å². The molecule has 1 aliphatic rings. The summed E-state index contributed by atoms with van der Waals surface area (Å²) in [6.45, 7) is 4.52. The molecule has 0 spiro atoms. The van der Waals surface area contributed by atoms with Crippen LogP contribution in [0, 0.1) is 0 Å². The van der Waals surface area contributed by atoms with Crippen LogP contribution in [0.5, 0.6) is 5.75 Å². The molecule has 8 heteroatoms. The van der Waals surface area contributed by atoms with E-state index in [4.69, 9.17) is 19.8 Å². The lowest BCUT2D eigenvalue weighted by Crippen LogP contribution is -2.44. The third-order valence-electron chi connectivity index (χ3n) is 6.58. The number of aliphatic hydroxyl groups is 1. The number of nitrogens with zero attached hydrogens (tertiary/aromatic N) is 4. The standard InChI is InChI=1S/C27H28N6O2/c1-32-10-12-33(13-11-32)20-5-9-23-25(17-20)31-27(29-23)19-4-8-22-24(16-19)30-26(28-22)18-2-6-21(7-3-18)35-15-14-34/h2-9,16-17,34H,10-15H2,1H3,(H,28,30)(H,29,31). The summed E-state index contributed by atoms with van der Waals surface area (Å²) in [7, 11) is 2.17. The lowest BCUT2D eigenvalue weighted by molar-refractivity contribution is 0.201. The maximum Gasteiger partial charge on any atom is 0.138 e. The Hall–Kier alpha value is -3.88. The smallest absolute Gasteiger partial charge is 0.138 e. The number of piperazine rings is 1. The normalized spacial score (nSPS) is 14.7. The van der Waals surface area contributed by atoms with Crippen LogP contribution in [0.25, 0.3) is 44.8 Å². The number of hydrogen-bond donors (Lipinski definition) is 3. The topological polar surface area (TPSA) is 93.3 Å². The monoisotopic (exact) mass is 468 g/mol. The van der Waals surface area contributed by atoms with E-state index < -0.39 is 0 Å². The zero-order chi connectivity index (χ0) is 23.8. The van der Waals surface area contributed by atoms with Crippen molar-refractivity contribution in [3.8, 4) is 28.5 Å². The Labute approximate surface area is 203 Å². The van der Waals surface area contributed by atoms with Crippen molar-refractivity contribution in [2.75, 3.05) is 51.3 Å². The molecule has 6 rings (SSSR count). The Balaban J connectivity index is 1.26. The van der Waals surface area contributed by atoms with Gasteiger partial charge in [-0.3, -0.25) is 0 Å². The molecule has 1 saturated heterocycles. The number of fused-ring (bicyclic) bond motifs is 2. The van der Waals surface area contributed by atoms with Gasteiger partial charge >= 0.3 is 0 Å². The molecular formula is C27H28N6O2. The van der Waals surface area contributed by atoms with Gasteiger partial charge in [0.05, 0.1) is 28.7 Å². The van der Waals surface area contributed by atoms with Gasteiger partial charge in [0.15, 0.2) is 0 Å². The first kappa shape index (κ1) is 21.6. The third kappa shape index (κ3) is 4.34. The fourth-order valence-electron chi connectivity index (χ4n) is 4.55. The van der Waals surface area contributed by atoms with Gasteiger partial charge in [-0.1, -0.05) is 0 Å². The molecule has 0 bridgehead atoms. The van der Waals surface area contributed by atoms with Gasteiger partial charge in [0, 0.05) is 43.0 Å². The molecule has 3 N–H and O–H groups in total. The maximum atomic E-state index is 8.91. The minimum Gasteiger partial charge on any atom is -0.491 e. The molecule has 0 radical (unpaired) electrons. The van der Waals surface area contributed by atoms with Crippen LogP contribution in [0.4, 0.5) is 5.69 Å². The van der Waals surface area contributed by atoms with E-state index in [1.54, 1.807) is 0 Å². The highest BCUT2D eigenvalue weighted by Crippen LogP contribution is 2.28. The summed E-state index contributed by atoms with van der Waals surface area (Å²) in [5.41, 5.74) is 7.06. The van der Waals surface area contributed by atoms with Crippen molar-refractivity contribution in [1.82, 2.24) is 24.8 Å². The molecule has 1 fully saturated rings. The lowest BCUT2D eigenvalue weighted by atomic mass is 10.2. The van der Waals surface area contributed by atoms with E-state index in [1.807, 2.05) is 30.3 Å². The second-order valence-electron chi connectivity index (χ2n) is 8.99. The molecule has 0 amide bonds. The van der Waals surface area contributed by atoms with E-state index in [-0.39, 0.29) is 13.2 Å².